The fourth-order valence-corrected chi connectivity index (χ4v) is 2.94. The molecule has 3 N–H and O–H groups in total. The van der Waals surface area contributed by atoms with Gasteiger partial charge in [-0.25, -0.2) is 4.99 Å². The minimum Gasteiger partial charge on any atom is -0.370 e. The number of amides is 1. The van der Waals surface area contributed by atoms with Crippen LogP contribution in [0, 0.1) is 5.92 Å². The normalized spacial score (nSPS) is 45.4. The monoisotopic (exact) mass is 194 g/mol. The van der Waals surface area contributed by atoms with Gasteiger partial charge >= 0.3 is 0 Å². The number of hydrogen-bond acceptors (Lipinski definition) is 4. The summed E-state index contributed by atoms with van der Waals surface area (Å²) in [6, 6.07) is 0. The van der Waals surface area contributed by atoms with Crippen LogP contribution in [0.1, 0.15) is 12.8 Å². The molecule has 5 heteroatoms. The molecular formula is C9H14N4O. The number of piperidine rings is 3. The third kappa shape index (κ3) is 0.877. The lowest BCUT2D eigenvalue weighted by atomic mass is 9.73. The average Bonchev–Trinajstić information content (AvgIpc) is 2.43. The van der Waals surface area contributed by atoms with E-state index in [1.165, 1.54) is 0 Å². The van der Waals surface area contributed by atoms with Gasteiger partial charge in [0.15, 0.2) is 11.5 Å². The van der Waals surface area contributed by atoms with Gasteiger partial charge in [-0.05, 0) is 31.8 Å². The number of carbonyl (C=O) groups excluding carboxylic acids is 1. The van der Waals surface area contributed by atoms with Crippen molar-refractivity contribution in [2.75, 3.05) is 19.6 Å². The van der Waals surface area contributed by atoms with Gasteiger partial charge in [0.2, 0.25) is 0 Å². The molecule has 3 fully saturated rings. The van der Waals surface area contributed by atoms with Crippen LogP contribution in [-0.4, -0.2) is 41.9 Å². The molecule has 4 heterocycles. The third-order valence-electron chi connectivity index (χ3n) is 3.68. The Morgan fingerprint density at radius 1 is 1.50 bits per heavy atom. The first kappa shape index (κ1) is 8.23. The maximum atomic E-state index is 11.8. The molecule has 14 heavy (non-hydrogen) atoms. The molecule has 4 aliphatic heterocycles. The van der Waals surface area contributed by atoms with Crippen molar-refractivity contribution in [2.45, 2.75) is 18.4 Å². The summed E-state index contributed by atoms with van der Waals surface area (Å²) in [4.78, 5) is 18.5. The van der Waals surface area contributed by atoms with Crippen molar-refractivity contribution in [3.63, 3.8) is 0 Å². The molecule has 0 radical (unpaired) electrons. The third-order valence-corrected chi connectivity index (χ3v) is 3.68. The molecule has 1 amide bonds. The fraction of sp³-hybridized carbons (Fsp3) is 0.778. The van der Waals surface area contributed by atoms with E-state index in [4.69, 9.17) is 5.73 Å². The molecule has 0 saturated carbocycles. The Hall–Kier alpha value is -1.10. The van der Waals surface area contributed by atoms with Crippen LogP contribution in [0.4, 0.5) is 0 Å². The number of aliphatic imine (C=N–C) groups is 1. The standard InChI is InChI=1S/C9H14N4O/c10-8-11-7(14)9(12-8)5-13-3-1-6(9)2-4-13/h6H,1-5H2,(H3,10,11,12,14). The van der Waals surface area contributed by atoms with Crippen LogP contribution in [0.2, 0.25) is 0 Å². The lowest BCUT2D eigenvalue weighted by Crippen LogP contribution is -2.62. The summed E-state index contributed by atoms with van der Waals surface area (Å²) in [7, 11) is 0. The molecule has 1 spiro atoms. The summed E-state index contributed by atoms with van der Waals surface area (Å²) in [5.41, 5.74) is 5.02. The second kappa shape index (κ2) is 2.48. The van der Waals surface area contributed by atoms with Crippen molar-refractivity contribution in [3.05, 3.63) is 0 Å². The largest absolute Gasteiger partial charge is 0.370 e. The lowest BCUT2D eigenvalue weighted by Gasteiger charge is -2.48. The van der Waals surface area contributed by atoms with Gasteiger partial charge in [-0.2, -0.15) is 0 Å². The van der Waals surface area contributed by atoms with Crippen LogP contribution in [0.25, 0.3) is 0 Å². The zero-order valence-electron chi connectivity index (χ0n) is 7.99. The number of nitrogens with two attached hydrogens (primary N) is 1. The summed E-state index contributed by atoms with van der Waals surface area (Å²) in [5.74, 6) is 0.696. The van der Waals surface area contributed by atoms with Crippen molar-refractivity contribution < 1.29 is 4.79 Å². The van der Waals surface area contributed by atoms with Crippen molar-refractivity contribution in [1.82, 2.24) is 10.2 Å². The highest BCUT2D eigenvalue weighted by Crippen LogP contribution is 2.39. The summed E-state index contributed by atoms with van der Waals surface area (Å²) >= 11 is 0. The van der Waals surface area contributed by atoms with Gasteiger partial charge in [-0.3, -0.25) is 10.1 Å². The van der Waals surface area contributed by atoms with E-state index >= 15 is 0 Å². The summed E-state index contributed by atoms with van der Waals surface area (Å²) in [6.07, 6.45) is 2.15. The van der Waals surface area contributed by atoms with Crippen LogP contribution in [0.3, 0.4) is 0 Å². The smallest absolute Gasteiger partial charge is 0.256 e. The number of nitrogens with zero attached hydrogens (tertiary/aromatic N) is 2. The second-order valence-corrected chi connectivity index (χ2v) is 4.43. The summed E-state index contributed by atoms with van der Waals surface area (Å²) < 4.78 is 0. The first-order valence-corrected chi connectivity index (χ1v) is 5.10. The number of hydrogen-bond donors (Lipinski definition) is 2. The predicted octanol–water partition coefficient (Wildman–Crippen LogP) is -1.10. The van der Waals surface area contributed by atoms with E-state index < -0.39 is 5.54 Å². The average molecular weight is 194 g/mol. The minimum absolute atomic E-state index is 0.00407. The Balaban J connectivity index is 2.00. The molecule has 2 bridgehead atoms. The molecule has 4 rings (SSSR count). The predicted molar refractivity (Wildman–Crippen MR) is 51.7 cm³/mol. The quantitative estimate of drug-likeness (QED) is 0.514. The van der Waals surface area contributed by atoms with Gasteiger partial charge in [0, 0.05) is 6.54 Å². The zero-order valence-corrected chi connectivity index (χ0v) is 7.99. The van der Waals surface area contributed by atoms with Gasteiger partial charge in [-0.15, -0.1) is 0 Å². The molecule has 3 saturated heterocycles. The number of nitrogens with one attached hydrogen (secondary N) is 1. The fourth-order valence-electron chi connectivity index (χ4n) is 2.94. The first-order chi connectivity index (χ1) is 6.71. The lowest BCUT2D eigenvalue weighted by molar-refractivity contribution is -0.130. The maximum absolute atomic E-state index is 11.8. The molecule has 0 aromatic rings. The molecule has 76 valence electrons. The first-order valence-electron chi connectivity index (χ1n) is 5.10. The van der Waals surface area contributed by atoms with E-state index in [9.17, 15) is 4.79 Å². The zero-order chi connectivity index (χ0) is 9.76. The van der Waals surface area contributed by atoms with Gasteiger partial charge in [0.05, 0.1) is 0 Å². The van der Waals surface area contributed by atoms with E-state index in [1.807, 2.05) is 0 Å². The van der Waals surface area contributed by atoms with Gasteiger partial charge in [-0.1, -0.05) is 0 Å². The van der Waals surface area contributed by atoms with Crippen LogP contribution in [0.5, 0.6) is 0 Å². The molecule has 0 aromatic heterocycles. The number of fused-ring (bicyclic) bond motifs is 2. The van der Waals surface area contributed by atoms with Crippen molar-refractivity contribution in [1.29, 1.82) is 0 Å². The minimum atomic E-state index is -0.541. The number of carbonyl (C=O) groups is 1. The van der Waals surface area contributed by atoms with Crippen molar-refractivity contribution in [2.24, 2.45) is 16.6 Å². The Kier molecular flexibility index (Phi) is 1.45. The highest BCUT2D eigenvalue weighted by Gasteiger charge is 2.54. The Bertz CT molecular complexity index is 319. The molecule has 4 aliphatic rings. The van der Waals surface area contributed by atoms with Crippen LogP contribution < -0.4 is 11.1 Å². The van der Waals surface area contributed by atoms with Crippen LogP contribution in [-0.2, 0) is 4.79 Å². The SMILES string of the molecule is NC1=NC2(CN3CCC2CC3)C(=O)N1. The molecule has 0 aromatic carbocycles. The van der Waals surface area contributed by atoms with Crippen LogP contribution in [0.15, 0.2) is 4.99 Å². The highest BCUT2D eigenvalue weighted by atomic mass is 16.2. The highest BCUT2D eigenvalue weighted by molar-refractivity contribution is 6.07. The van der Waals surface area contributed by atoms with E-state index in [-0.39, 0.29) is 5.91 Å². The van der Waals surface area contributed by atoms with Crippen molar-refractivity contribution in [3.8, 4) is 0 Å². The Morgan fingerprint density at radius 2 is 2.21 bits per heavy atom. The van der Waals surface area contributed by atoms with E-state index in [0.29, 0.717) is 11.9 Å². The van der Waals surface area contributed by atoms with Crippen molar-refractivity contribution >= 4 is 11.9 Å². The Labute approximate surface area is 82.3 Å². The molecule has 0 aliphatic carbocycles. The van der Waals surface area contributed by atoms with E-state index in [2.05, 4.69) is 15.2 Å². The second-order valence-electron chi connectivity index (χ2n) is 4.43. The maximum Gasteiger partial charge on any atom is 0.256 e. The summed E-state index contributed by atoms with van der Waals surface area (Å²) in [5, 5.41) is 2.62. The van der Waals surface area contributed by atoms with E-state index in [0.717, 1.165) is 32.5 Å². The summed E-state index contributed by atoms with van der Waals surface area (Å²) in [6.45, 7) is 2.97. The Morgan fingerprint density at radius 3 is 2.64 bits per heavy atom. The van der Waals surface area contributed by atoms with Gasteiger partial charge < -0.3 is 10.6 Å². The molecule has 1 atom stereocenters. The number of rotatable bonds is 0. The van der Waals surface area contributed by atoms with Gasteiger partial charge in [0.1, 0.15) is 0 Å². The molecular weight excluding hydrogens is 180 g/mol. The molecule has 1 unspecified atom stereocenters. The van der Waals surface area contributed by atoms with Crippen LogP contribution >= 0.6 is 0 Å². The molecule has 5 nitrogen and oxygen atoms in total. The van der Waals surface area contributed by atoms with E-state index in [1.54, 1.807) is 0 Å². The number of guanidine groups is 1. The van der Waals surface area contributed by atoms with Gasteiger partial charge in [0.25, 0.3) is 5.91 Å². The topological polar surface area (TPSA) is 70.7 Å².